The maximum Gasteiger partial charge on any atom is 0.354 e. The number of aryl methyl sites for hydroxylation is 1. The van der Waals surface area contributed by atoms with Crippen molar-refractivity contribution in [2.75, 3.05) is 7.11 Å². The van der Waals surface area contributed by atoms with E-state index >= 15 is 0 Å². The molecule has 1 aromatic carbocycles. The fourth-order valence-electron chi connectivity index (χ4n) is 1.90. The third-order valence-electron chi connectivity index (χ3n) is 3.27. The van der Waals surface area contributed by atoms with Crippen molar-refractivity contribution in [3.63, 3.8) is 0 Å². The smallest absolute Gasteiger partial charge is 0.354 e. The lowest BCUT2D eigenvalue weighted by Gasteiger charge is -2.14. The predicted octanol–water partition coefficient (Wildman–Crippen LogP) is 0.136. The Morgan fingerprint density at radius 1 is 1.30 bits per heavy atom. The van der Waals surface area contributed by atoms with E-state index in [4.69, 9.17) is 10.5 Å². The third-order valence-corrected chi connectivity index (χ3v) is 3.27. The van der Waals surface area contributed by atoms with E-state index < -0.39 is 5.41 Å². The molecular formula is C16H22N5O2+. The molecule has 0 bridgehead atoms. The van der Waals surface area contributed by atoms with Gasteiger partial charge in [-0.1, -0.05) is 20.8 Å². The van der Waals surface area contributed by atoms with Crippen LogP contribution < -0.4 is 20.8 Å². The highest BCUT2D eigenvalue weighted by Gasteiger charge is 2.24. The zero-order chi connectivity index (χ0) is 17.2. The lowest BCUT2D eigenvalue weighted by molar-refractivity contribution is -0.367. The number of fused-ring (bicyclic) bond motifs is 1. The SMILES string of the molecule is COc1ccc2nc([NH+]=C(N)NC(=O)C(C)(C)C)nc(C)c2c1. The second kappa shape index (κ2) is 6.20. The number of carbonyl (C=O) groups excluding carboxylic acids is 1. The highest BCUT2D eigenvalue weighted by atomic mass is 16.5. The number of rotatable bonds is 2. The molecule has 1 amide bonds. The molecule has 1 aromatic heterocycles. The van der Waals surface area contributed by atoms with Gasteiger partial charge < -0.3 is 10.5 Å². The van der Waals surface area contributed by atoms with Gasteiger partial charge in [0.05, 0.1) is 18.2 Å². The van der Waals surface area contributed by atoms with Crippen molar-refractivity contribution in [3.05, 3.63) is 23.9 Å². The van der Waals surface area contributed by atoms with E-state index in [1.165, 1.54) is 0 Å². The van der Waals surface area contributed by atoms with Crippen molar-refractivity contribution in [3.8, 4) is 5.75 Å². The number of guanidine groups is 1. The minimum Gasteiger partial charge on any atom is -0.497 e. The van der Waals surface area contributed by atoms with Crippen molar-refractivity contribution in [2.24, 2.45) is 11.1 Å². The Hall–Kier alpha value is -2.70. The number of amides is 1. The van der Waals surface area contributed by atoms with Crippen LogP contribution in [0, 0.1) is 12.3 Å². The Morgan fingerprint density at radius 2 is 2.00 bits per heavy atom. The summed E-state index contributed by atoms with van der Waals surface area (Å²) in [6, 6.07) is 5.55. The van der Waals surface area contributed by atoms with Gasteiger partial charge in [-0.3, -0.25) is 4.79 Å². The summed E-state index contributed by atoms with van der Waals surface area (Å²) in [5.74, 6) is 0.974. The summed E-state index contributed by atoms with van der Waals surface area (Å²) < 4.78 is 5.20. The van der Waals surface area contributed by atoms with E-state index in [1.807, 2.05) is 25.1 Å². The van der Waals surface area contributed by atoms with E-state index in [-0.39, 0.29) is 11.9 Å². The van der Waals surface area contributed by atoms with Gasteiger partial charge in [-0.2, -0.15) is 0 Å². The van der Waals surface area contributed by atoms with Gasteiger partial charge in [-0.05, 0) is 25.1 Å². The Morgan fingerprint density at radius 3 is 2.61 bits per heavy atom. The lowest BCUT2D eigenvalue weighted by atomic mass is 9.96. The summed E-state index contributed by atoms with van der Waals surface area (Å²) in [7, 11) is 1.61. The van der Waals surface area contributed by atoms with Gasteiger partial charge in [0, 0.05) is 5.39 Å². The first-order valence-electron chi connectivity index (χ1n) is 7.24. The molecule has 0 saturated carbocycles. The number of carbonyl (C=O) groups is 1. The topological polar surface area (TPSA) is 104 Å². The number of methoxy groups -OCH3 is 1. The van der Waals surface area contributed by atoms with Crippen LogP contribution in [0.4, 0.5) is 5.95 Å². The molecule has 2 rings (SSSR count). The first-order chi connectivity index (χ1) is 10.7. The van der Waals surface area contributed by atoms with Crippen LogP contribution in [0.2, 0.25) is 0 Å². The maximum absolute atomic E-state index is 11.9. The highest BCUT2D eigenvalue weighted by molar-refractivity contribution is 5.96. The molecule has 7 nitrogen and oxygen atoms in total. The Labute approximate surface area is 135 Å². The molecule has 0 fully saturated rings. The molecule has 0 atom stereocenters. The zero-order valence-corrected chi connectivity index (χ0v) is 14.0. The molecular weight excluding hydrogens is 294 g/mol. The summed E-state index contributed by atoms with van der Waals surface area (Å²) in [5, 5.41) is 3.49. The fraction of sp³-hybridized carbons (Fsp3) is 0.375. The van der Waals surface area contributed by atoms with Gasteiger partial charge in [0.25, 0.3) is 11.9 Å². The Kier molecular flexibility index (Phi) is 4.49. The van der Waals surface area contributed by atoms with Crippen LogP contribution in [0.1, 0.15) is 26.5 Å². The van der Waals surface area contributed by atoms with Gasteiger partial charge >= 0.3 is 5.95 Å². The molecule has 1 heterocycles. The van der Waals surface area contributed by atoms with E-state index in [0.717, 1.165) is 22.3 Å². The van der Waals surface area contributed by atoms with Crippen molar-refractivity contribution in [1.29, 1.82) is 0 Å². The molecule has 0 aliphatic carbocycles. The highest BCUT2D eigenvalue weighted by Crippen LogP contribution is 2.21. The normalized spacial score (nSPS) is 12.3. The summed E-state index contributed by atoms with van der Waals surface area (Å²) in [5.41, 5.74) is 6.82. The Balaban J connectivity index is 2.33. The fourth-order valence-corrected chi connectivity index (χ4v) is 1.90. The minimum absolute atomic E-state index is 0.0946. The largest absolute Gasteiger partial charge is 0.497 e. The number of aromatic nitrogens is 2. The van der Waals surface area contributed by atoms with Crippen LogP contribution in [0.25, 0.3) is 10.9 Å². The van der Waals surface area contributed by atoms with Crippen molar-refractivity contribution in [2.45, 2.75) is 27.7 Å². The summed E-state index contributed by atoms with van der Waals surface area (Å²) in [6.45, 7) is 7.29. The van der Waals surface area contributed by atoms with E-state index in [0.29, 0.717) is 5.95 Å². The molecule has 7 heteroatoms. The number of hydrogen-bond acceptors (Lipinski definition) is 4. The van der Waals surface area contributed by atoms with Crippen LogP contribution in [0.5, 0.6) is 5.75 Å². The van der Waals surface area contributed by atoms with E-state index in [9.17, 15) is 4.79 Å². The van der Waals surface area contributed by atoms with Crippen molar-refractivity contribution < 1.29 is 14.5 Å². The second-order valence-corrected chi connectivity index (χ2v) is 6.26. The lowest BCUT2D eigenvalue weighted by Crippen LogP contribution is -2.75. The standard InChI is InChI=1S/C16H21N5O2/c1-9-11-8-10(23-5)6-7-12(11)19-15(18-9)21-14(17)20-13(22)16(2,3)4/h6-8H,1-5H3,(H3,17,18,19,20,21,22)/p+1. The first-order valence-corrected chi connectivity index (χ1v) is 7.24. The quantitative estimate of drug-likeness (QED) is 0.540. The third kappa shape index (κ3) is 3.94. The molecule has 0 saturated heterocycles. The molecule has 23 heavy (non-hydrogen) atoms. The van der Waals surface area contributed by atoms with E-state index in [2.05, 4.69) is 20.3 Å². The summed E-state index contributed by atoms with van der Waals surface area (Å²) in [4.78, 5) is 23.5. The Bertz CT molecular complexity index is 778. The van der Waals surface area contributed by atoms with Gasteiger partial charge in [0.1, 0.15) is 11.3 Å². The van der Waals surface area contributed by atoms with Crippen molar-refractivity contribution in [1.82, 2.24) is 15.3 Å². The average molecular weight is 316 g/mol. The molecule has 4 N–H and O–H groups in total. The number of nitrogens with one attached hydrogen (secondary N) is 2. The molecule has 0 spiro atoms. The van der Waals surface area contributed by atoms with Crippen LogP contribution in [-0.4, -0.2) is 28.9 Å². The van der Waals surface area contributed by atoms with Crippen LogP contribution in [-0.2, 0) is 4.79 Å². The number of benzene rings is 1. The number of nitrogens with two attached hydrogens (primary N) is 1. The number of ether oxygens (including phenoxy) is 1. The van der Waals surface area contributed by atoms with Gasteiger partial charge in [-0.15, -0.1) is 9.97 Å². The maximum atomic E-state index is 11.9. The molecule has 0 aliphatic rings. The van der Waals surface area contributed by atoms with Crippen molar-refractivity contribution >= 4 is 28.7 Å². The summed E-state index contributed by atoms with van der Waals surface area (Å²) >= 11 is 0. The minimum atomic E-state index is -0.539. The summed E-state index contributed by atoms with van der Waals surface area (Å²) in [6.07, 6.45) is 0. The van der Waals surface area contributed by atoms with E-state index in [1.54, 1.807) is 27.9 Å². The average Bonchev–Trinajstić information content (AvgIpc) is 2.45. The predicted molar refractivity (Wildman–Crippen MR) is 88.2 cm³/mol. The molecule has 122 valence electrons. The van der Waals surface area contributed by atoms with Gasteiger partial charge in [-0.25, -0.2) is 10.3 Å². The first kappa shape index (κ1) is 16.7. The molecule has 0 unspecified atom stereocenters. The monoisotopic (exact) mass is 316 g/mol. The van der Waals surface area contributed by atoms with Crippen LogP contribution in [0.15, 0.2) is 18.2 Å². The molecule has 0 aliphatic heterocycles. The zero-order valence-electron chi connectivity index (χ0n) is 14.0. The molecule has 2 aromatic rings. The molecule has 0 radical (unpaired) electrons. The van der Waals surface area contributed by atoms with Crippen LogP contribution in [0.3, 0.4) is 0 Å². The van der Waals surface area contributed by atoms with Crippen LogP contribution >= 0.6 is 0 Å². The number of nitrogens with zero attached hydrogens (tertiary/aromatic N) is 2. The second-order valence-electron chi connectivity index (χ2n) is 6.26. The number of hydrogen-bond donors (Lipinski definition) is 3. The van der Waals surface area contributed by atoms with Gasteiger partial charge in [0.15, 0.2) is 0 Å². The van der Waals surface area contributed by atoms with Gasteiger partial charge in [0.2, 0.25) is 0 Å².